The summed E-state index contributed by atoms with van der Waals surface area (Å²) in [6.45, 7) is 0. The summed E-state index contributed by atoms with van der Waals surface area (Å²) in [5.74, 6) is -1.68. The van der Waals surface area contributed by atoms with Crippen molar-refractivity contribution in [3.63, 3.8) is 0 Å². The fourth-order valence-corrected chi connectivity index (χ4v) is 3.30. The number of para-hydroxylation sites is 1. The first kappa shape index (κ1) is 18.4. The van der Waals surface area contributed by atoms with Gasteiger partial charge in [-0.2, -0.15) is 0 Å². The highest BCUT2D eigenvalue weighted by atomic mass is 19.1. The minimum Gasteiger partial charge on any atom is -0.481 e. The summed E-state index contributed by atoms with van der Waals surface area (Å²) in [6, 6.07) is 20.5. The molecule has 0 aliphatic carbocycles. The Morgan fingerprint density at radius 1 is 1.00 bits per heavy atom. The van der Waals surface area contributed by atoms with Gasteiger partial charge in [0.05, 0.1) is 23.4 Å². The average Bonchev–Trinajstić information content (AvgIpc) is 3.02. The van der Waals surface area contributed by atoms with E-state index < -0.39 is 11.8 Å². The maximum absolute atomic E-state index is 13.6. The Labute approximate surface area is 166 Å². The minimum atomic E-state index is -0.912. The van der Waals surface area contributed by atoms with Gasteiger partial charge in [0.1, 0.15) is 5.82 Å². The SMILES string of the molecule is O=C(O)Cc1ccc(C(Nc2ccccc2)=C2C(=O)Nc3cc(F)ccc32)cc1. The number of carboxylic acids is 1. The highest BCUT2D eigenvalue weighted by molar-refractivity contribution is 6.37. The molecular formula is C23H17FN2O3. The summed E-state index contributed by atoms with van der Waals surface area (Å²) < 4.78 is 13.6. The third-order valence-corrected chi connectivity index (χ3v) is 4.62. The number of benzene rings is 3. The number of rotatable bonds is 5. The molecule has 1 aliphatic heterocycles. The van der Waals surface area contributed by atoms with E-state index in [2.05, 4.69) is 10.6 Å². The lowest BCUT2D eigenvalue weighted by Gasteiger charge is -2.15. The van der Waals surface area contributed by atoms with Crippen LogP contribution in [0.2, 0.25) is 0 Å². The first-order valence-electron chi connectivity index (χ1n) is 9.00. The van der Waals surface area contributed by atoms with Crippen LogP contribution in [0.3, 0.4) is 0 Å². The van der Waals surface area contributed by atoms with Crippen LogP contribution >= 0.6 is 0 Å². The van der Waals surface area contributed by atoms with E-state index in [0.29, 0.717) is 33.6 Å². The molecule has 3 aromatic rings. The first-order valence-corrected chi connectivity index (χ1v) is 9.00. The minimum absolute atomic E-state index is 0.0824. The molecule has 29 heavy (non-hydrogen) atoms. The molecule has 0 spiro atoms. The van der Waals surface area contributed by atoms with Crippen molar-refractivity contribution in [3.8, 4) is 0 Å². The van der Waals surface area contributed by atoms with Gasteiger partial charge in [0.2, 0.25) is 0 Å². The second kappa shape index (κ2) is 7.59. The van der Waals surface area contributed by atoms with Gasteiger partial charge in [-0.25, -0.2) is 4.39 Å². The van der Waals surface area contributed by atoms with Crippen molar-refractivity contribution in [1.82, 2.24) is 0 Å². The smallest absolute Gasteiger partial charge is 0.307 e. The third-order valence-electron chi connectivity index (χ3n) is 4.62. The zero-order valence-electron chi connectivity index (χ0n) is 15.3. The number of nitrogens with one attached hydrogen (secondary N) is 2. The highest BCUT2D eigenvalue weighted by Gasteiger charge is 2.28. The summed E-state index contributed by atoms with van der Waals surface area (Å²) in [6.07, 6.45) is -0.0824. The first-order chi connectivity index (χ1) is 14.0. The number of aliphatic carboxylic acids is 1. The van der Waals surface area contributed by atoms with Crippen LogP contribution in [0.4, 0.5) is 15.8 Å². The summed E-state index contributed by atoms with van der Waals surface area (Å²) in [5.41, 5.74) is 4.13. The molecule has 0 aromatic heterocycles. The molecule has 0 saturated carbocycles. The molecule has 1 heterocycles. The second-order valence-corrected chi connectivity index (χ2v) is 6.65. The van der Waals surface area contributed by atoms with Gasteiger partial charge in [0.15, 0.2) is 0 Å². The summed E-state index contributed by atoms with van der Waals surface area (Å²) in [5, 5.41) is 15.0. The molecule has 0 saturated heterocycles. The Morgan fingerprint density at radius 3 is 2.41 bits per heavy atom. The van der Waals surface area contributed by atoms with E-state index in [4.69, 9.17) is 5.11 Å². The molecule has 1 aliphatic rings. The number of carbonyl (C=O) groups excluding carboxylic acids is 1. The lowest BCUT2D eigenvalue weighted by atomic mass is 9.98. The fourth-order valence-electron chi connectivity index (χ4n) is 3.30. The lowest BCUT2D eigenvalue weighted by molar-refractivity contribution is -0.136. The van der Waals surface area contributed by atoms with Crippen molar-refractivity contribution < 1.29 is 19.1 Å². The molecule has 0 fully saturated rings. The summed E-state index contributed by atoms with van der Waals surface area (Å²) in [7, 11) is 0. The molecule has 0 radical (unpaired) electrons. The molecule has 4 rings (SSSR count). The number of halogens is 1. The molecule has 3 aromatic carbocycles. The fraction of sp³-hybridized carbons (Fsp3) is 0.0435. The monoisotopic (exact) mass is 388 g/mol. The molecule has 144 valence electrons. The van der Waals surface area contributed by atoms with E-state index in [9.17, 15) is 14.0 Å². The molecule has 5 nitrogen and oxygen atoms in total. The topological polar surface area (TPSA) is 78.4 Å². The molecule has 3 N–H and O–H groups in total. The summed E-state index contributed by atoms with van der Waals surface area (Å²) >= 11 is 0. The number of anilines is 2. The standard InChI is InChI=1S/C23H17FN2O3/c24-16-10-11-18-19(13-16)26-23(29)21(18)22(25-17-4-2-1-3-5-17)15-8-6-14(7-9-15)12-20(27)28/h1-11,13,25H,12H2,(H,26,29)(H,27,28). The lowest BCUT2D eigenvalue weighted by Crippen LogP contribution is -2.10. The Bertz CT molecular complexity index is 1120. The quantitative estimate of drug-likeness (QED) is 0.567. The van der Waals surface area contributed by atoms with Crippen LogP contribution in [0.5, 0.6) is 0 Å². The maximum Gasteiger partial charge on any atom is 0.307 e. The van der Waals surface area contributed by atoms with Crippen LogP contribution in [-0.4, -0.2) is 17.0 Å². The van der Waals surface area contributed by atoms with Crippen molar-refractivity contribution in [2.75, 3.05) is 10.6 Å². The van der Waals surface area contributed by atoms with Gasteiger partial charge in [0, 0.05) is 11.3 Å². The van der Waals surface area contributed by atoms with E-state index >= 15 is 0 Å². The van der Waals surface area contributed by atoms with Gasteiger partial charge in [-0.05, 0) is 41.5 Å². The Balaban J connectivity index is 1.84. The van der Waals surface area contributed by atoms with Crippen LogP contribution in [0, 0.1) is 5.82 Å². The summed E-state index contributed by atoms with van der Waals surface area (Å²) in [4.78, 5) is 23.7. The number of hydrogen-bond acceptors (Lipinski definition) is 3. The van der Waals surface area contributed by atoms with Crippen LogP contribution < -0.4 is 10.6 Å². The Morgan fingerprint density at radius 2 is 1.72 bits per heavy atom. The van der Waals surface area contributed by atoms with Crippen LogP contribution in [0.25, 0.3) is 11.3 Å². The van der Waals surface area contributed by atoms with Crippen molar-refractivity contribution in [2.45, 2.75) is 6.42 Å². The van der Waals surface area contributed by atoms with Crippen molar-refractivity contribution >= 4 is 34.5 Å². The Kier molecular flexibility index (Phi) is 4.83. The van der Waals surface area contributed by atoms with E-state index in [1.54, 1.807) is 30.3 Å². The van der Waals surface area contributed by atoms with Crippen molar-refractivity contribution in [2.24, 2.45) is 0 Å². The predicted octanol–water partition coefficient (Wildman–Crippen LogP) is 4.39. The highest BCUT2D eigenvalue weighted by Crippen LogP contribution is 2.37. The molecule has 6 heteroatoms. The average molecular weight is 388 g/mol. The predicted molar refractivity (Wildman–Crippen MR) is 110 cm³/mol. The number of fused-ring (bicyclic) bond motifs is 1. The van der Waals surface area contributed by atoms with Crippen LogP contribution in [0.1, 0.15) is 16.7 Å². The van der Waals surface area contributed by atoms with Gasteiger partial charge >= 0.3 is 5.97 Å². The Hall–Kier alpha value is -3.93. The van der Waals surface area contributed by atoms with E-state index in [1.807, 2.05) is 30.3 Å². The van der Waals surface area contributed by atoms with Gasteiger partial charge < -0.3 is 15.7 Å². The second-order valence-electron chi connectivity index (χ2n) is 6.65. The third kappa shape index (κ3) is 3.87. The molecule has 0 bridgehead atoms. The van der Waals surface area contributed by atoms with Crippen LogP contribution in [-0.2, 0) is 16.0 Å². The van der Waals surface area contributed by atoms with Gasteiger partial charge in [-0.15, -0.1) is 0 Å². The van der Waals surface area contributed by atoms with Gasteiger partial charge in [0.25, 0.3) is 5.91 Å². The van der Waals surface area contributed by atoms with Crippen molar-refractivity contribution in [1.29, 1.82) is 0 Å². The molecular weight excluding hydrogens is 371 g/mol. The maximum atomic E-state index is 13.6. The van der Waals surface area contributed by atoms with Crippen molar-refractivity contribution in [3.05, 3.63) is 95.3 Å². The van der Waals surface area contributed by atoms with Gasteiger partial charge in [-0.1, -0.05) is 42.5 Å². The molecule has 0 unspecified atom stereocenters. The van der Waals surface area contributed by atoms with E-state index in [-0.39, 0.29) is 12.3 Å². The van der Waals surface area contributed by atoms with Gasteiger partial charge in [-0.3, -0.25) is 9.59 Å². The molecule has 1 amide bonds. The zero-order valence-corrected chi connectivity index (χ0v) is 15.3. The number of hydrogen-bond donors (Lipinski definition) is 3. The normalized spacial score (nSPS) is 14.2. The largest absolute Gasteiger partial charge is 0.481 e. The van der Waals surface area contributed by atoms with E-state index in [0.717, 1.165) is 5.69 Å². The number of carboxylic acid groups (broad SMARTS) is 1. The van der Waals surface area contributed by atoms with Crippen LogP contribution in [0.15, 0.2) is 72.8 Å². The number of carbonyl (C=O) groups is 2. The van der Waals surface area contributed by atoms with E-state index in [1.165, 1.54) is 12.1 Å². The number of amides is 1. The molecule has 0 atom stereocenters. The zero-order chi connectivity index (χ0) is 20.4.